The van der Waals surface area contributed by atoms with Crippen LogP contribution in [-0.2, 0) is 6.42 Å². The second-order valence-corrected chi connectivity index (χ2v) is 4.88. The molecule has 0 spiro atoms. The van der Waals surface area contributed by atoms with Gasteiger partial charge in [-0.3, -0.25) is 4.79 Å². The van der Waals surface area contributed by atoms with Crippen LogP contribution in [0.4, 0.5) is 17.1 Å². The van der Waals surface area contributed by atoms with Crippen molar-refractivity contribution < 1.29 is 4.79 Å². The first kappa shape index (κ1) is 14.2. The van der Waals surface area contributed by atoms with E-state index < -0.39 is 5.91 Å². The van der Waals surface area contributed by atoms with Gasteiger partial charge in [0.2, 0.25) is 0 Å². The van der Waals surface area contributed by atoms with E-state index in [1.165, 1.54) is 11.6 Å². The number of anilines is 3. The number of nitrogens with one attached hydrogen (secondary N) is 1. The van der Waals surface area contributed by atoms with Crippen molar-refractivity contribution >= 4 is 34.6 Å². The summed E-state index contributed by atoms with van der Waals surface area (Å²) in [6.45, 7) is 2.07. The van der Waals surface area contributed by atoms with Gasteiger partial charge in [-0.15, -0.1) is 0 Å². The lowest BCUT2D eigenvalue weighted by atomic mass is 10.1. The highest BCUT2D eigenvalue weighted by Gasteiger charge is 2.13. The quantitative estimate of drug-likeness (QED) is 0.755. The standard InChI is InChI=1S/C15H16ClN3O/c1-2-9-4-3-5-11(6-9)19-14-12(15(18)20)7-10(17)8-13(14)16/h3-8,19H,2,17H2,1H3,(H2,18,20). The third kappa shape index (κ3) is 3.03. The normalized spacial score (nSPS) is 10.3. The fourth-order valence-electron chi connectivity index (χ4n) is 1.96. The molecule has 0 saturated carbocycles. The van der Waals surface area contributed by atoms with E-state index in [9.17, 15) is 4.79 Å². The van der Waals surface area contributed by atoms with Crippen LogP contribution in [0.3, 0.4) is 0 Å². The monoisotopic (exact) mass is 289 g/mol. The summed E-state index contributed by atoms with van der Waals surface area (Å²) in [5.41, 5.74) is 14.2. The fraction of sp³-hybridized carbons (Fsp3) is 0.133. The molecule has 0 aliphatic carbocycles. The van der Waals surface area contributed by atoms with E-state index in [2.05, 4.69) is 12.2 Å². The molecule has 0 heterocycles. The Labute approximate surface area is 122 Å². The SMILES string of the molecule is CCc1cccc(Nc2c(Cl)cc(N)cc2C(N)=O)c1. The average Bonchev–Trinajstić information content (AvgIpc) is 2.41. The van der Waals surface area contributed by atoms with Gasteiger partial charge in [-0.1, -0.05) is 30.7 Å². The molecule has 104 valence electrons. The minimum atomic E-state index is -0.576. The van der Waals surface area contributed by atoms with Crippen LogP contribution < -0.4 is 16.8 Å². The number of hydrogen-bond donors (Lipinski definition) is 3. The third-order valence-electron chi connectivity index (χ3n) is 2.98. The molecule has 20 heavy (non-hydrogen) atoms. The number of benzene rings is 2. The molecule has 5 N–H and O–H groups in total. The van der Waals surface area contributed by atoms with Gasteiger partial charge in [-0.2, -0.15) is 0 Å². The first-order chi connectivity index (χ1) is 9.51. The summed E-state index contributed by atoms with van der Waals surface area (Å²) in [4.78, 5) is 11.5. The predicted octanol–water partition coefficient (Wildman–Crippen LogP) is 3.33. The molecule has 2 aromatic carbocycles. The molecule has 0 radical (unpaired) electrons. The highest BCUT2D eigenvalue weighted by molar-refractivity contribution is 6.34. The Balaban J connectivity index is 2.44. The molecule has 2 rings (SSSR count). The topological polar surface area (TPSA) is 81.1 Å². The van der Waals surface area contributed by atoms with Crippen LogP contribution in [0.25, 0.3) is 0 Å². The number of nitrogens with two attached hydrogens (primary N) is 2. The van der Waals surface area contributed by atoms with Crippen molar-refractivity contribution in [3.63, 3.8) is 0 Å². The van der Waals surface area contributed by atoms with Gasteiger partial charge in [0.1, 0.15) is 0 Å². The van der Waals surface area contributed by atoms with Gasteiger partial charge >= 0.3 is 0 Å². The summed E-state index contributed by atoms with van der Waals surface area (Å²) < 4.78 is 0. The first-order valence-corrected chi connectivity index (χ1v) is 6.64. The molecule has 0 unspecified atom stereocenters. The number of hydrogen-bond acceptors (Lipinski definition) is 3. The molecule has 0 atom stereocenters. The highest BCUT2D eigenvalue weighted by Crippen LogP contribution is 2.31. The van der Waals surface area contributed by atoms with E-state index in [0.717, 1.165) is 12.1 Å². The van der Waals surface area contributed by atoms with Crippen molar-refractivity contribution in [1.29, 1.82) is 0 Å². The minimum absolute atomic E-state index is 0.275. The van der Waals surface area contributed by atoms with Crippen LogP contribution >= 0.6 is 11.6 Å². The van der Waals surface area contributed by atoms with Crippen LogP contribution in [0.5, 0.6) is 0 Å². The maximum Gasteiger partial charge on any atom is 0.250 e. The van der Waals surface area contributed by atoms with Crippen LogP contribution in [0, 0.1) is 0 Å². The van der Waals surface area contributed by atoms with Crippen molar-refractivity contribution in [3.05, 3.63) is 52.5 Å². The number of rotatable bonds is 4. The van der Waals surface area contributed by atoms with Gasteiger partial charge in [0.25, 0.3) is 5.91 Å². The molecule has 0 bridgehead atoms. The molecule has 0 aliphatic heterocycles. The zero-order valence-corrected chi connectivity index (χ0v) is 11.9. The van der Waals surface area contributed by atoms with Crippen LogP contribution in [0.15, 0.2) is 36.4 Å². The summed E-state index contributed by atoms with van der Waals surface area (Å²) in [6.07, 6.45) is 0.924. The highest BCUT2D eigenvalue weighted by atomic mass is 35.5. The Morgan fingerprint density at radius 1 is 1.30 bits per heavy atom. The Morgan fingerprint density at radius 2 is 2.05 bits per heavy atom. The number of amides is 1. The van der Waals surface area contributed by atoms with E-state index in [-0.39, 0.29) is 5.56 Å². The van der Waals surface area contributed by atoms with Gasteiger partial charge in [0.05, 0.1) is 16.3 Å². The molecule has 0 fully saturated rings. The van der Waals surface area contributed by atoms with Crippen LogP contribution in [0.1, 0.15) is 22.8 Å². The Morgan fingerprint density at radius 3 is 2.70 bits per heavy atom. The average molecular weight is 290 g/mol. The van der Waals surface area contributed by atoms with Gasteiger partial charge < -0.3 is 16.8 Å². The summed E-state index contributed by atoms with van der Waals surface area (Å²) in [6, 6.07) is 11.0. The summed E-state index contributed by atoms with van der Waals surface area (Å²) in [5, 5.41) is 3.50. The number of carbonyl (C=O) groups is 1. The second-order valence-electron chi connectivity index (χ2n) is 4.47. The lowest BCUT2D eigenvalue weighted by molar-refractivity contribution is 0.100. The Hall–Kier alpha value is -2.20. The van der Waals surface area contributed by atoms with E-state index >= 15 is 0 Å². The molecule has 1 amide bonds. The molecule has 0 aromatic heterocycles. The maximum absolute atomic E-state index is 11.5. The molecule has 2 aromatic rings. The number of carbonyl (C=O) groups excluding carboxylic acids is 1. The molecule has 0 aliphatic rings. The van der Waals surface area contributed by atoms with Gasteiger partial charge in [0, 0.05) is 11.4 Å². The van der Waals surface area contributed by atoms with Crippen molar-refractivity contribution in [2.75, 3.05) is 11.1 Å². The smallest absolute Gasteiger partial charge is 0.250 e. The lowest BCUT2D eigenvalue weighted by Gasteiger charge is -2.13. The third-order valence-corrected chi connectivity index (χ3v) is 3.28. The van der Waals surface area contributed by atoms with Crippen molar-refractivity contribution in [2.45, 2.75) is 13.3 Å². The lowest BCUT2D eigenvalue weighted by Crippen LogP contribution is -2.14. The summed E-state index contributed by atoms with van der Waals surface area (Å²) in [7, 11) is 0. The summed E-state index contributed by atoms with van der Waals surface area (Å²) >= 11 is 6.15. The maximum atomic E-state index is 11.5. The van der Waals surface area contributed by atoms with Crippen LogP contribution in [0.2, 0.25) is 5.02 Å². The summed E-state index contributed by atoms with van der Waals surface area (Å²) in [5.74, 6) is -0.576. The number of halogens is 1. The van der Waals surface area contributed by atoms with Gasteiger partial charge in [0.15, 0.2) is 0 Å². The number of nitrogen functional groups attached to an aromatic ring is 1. The predicted molar refractivity (Wildman–Crippen MR) is 83.5 cm³/mol. The minimum Gasteiger partial charge on any atom is -0.399 e. The van der Waals surface area contributed by atoms with E-state index in [1.54, 1.807) is 6.07 Å². The number of primary amides is 1. The van der Waals surface area contributed by atoms with Gasteiger partial charge in [-0.05, 0) is 36.2 Å². The largest absolute Gasteiger partial charge is 0.399 e. The van der Waals surface area contributed by atoms with E-state index in [4.69, 9.17) is 23.1 Å². The molecule has 5 heteroatoms. The zero-order chi connectivity index (χ0) is 14.7. The number of aryl methyl sites for hydroxylation is 1. The van der Waals surface area contributed by atoms with Gasteiger partial charge in [-0.25, -0.2) is 0 Å². The van der Waals surface area contributed by atoms with Crippen LogP contribution in [-0.4, -0.2) is 5.91 Å². The first-order valence-electron chi connectivity index (χ1n) is 6.26. The fourth-order valence-corrected chi connectivity index (χ4v) is 2.24. The second kappa shape index (κ2) is 5.84. The van der Waals surface area contributed by atoms with E-state index in [1.807, 2.05) is 24.3 Å². The molecular formula is C15H16ClN3O. The zero-order valence-electron chi connectivity index (χ0n) is 11.1. The van der Waals surface area contributed by atoms with Crippen molar-refractivity contribution in [2.24, 2.45) is 5.73 Å². The molecule has 0 saturated heterocycles. The molecule has 4 nitrogen and oxygen atoms in total. The van der Waals surface area contributed by atoms with E-state index in [0.29, 0.717) is 16.4 Å². The molecular weight excluding hydrogens is 274 g/mol. The Bertz CT molecular complexity index is 656. The van der Waals surface area contributed by atoms with Crippen molar-refractivity contribution in [3.8, 4) is 0 Å². The Kier molecular flexibility index (Phi) is 4.15. The van der Waals surface area contributed by atoms with Crippen molar-refractivity contribution in [1.82, 2.24) is 0 Å².